The number of halogens is 1. The van der Waals surface area contributed by atoms with Gasteiger partial charge >= 0.3 is 0 Å². The monoisotopic (exact) mass is 309 g/mol. The average Bonchev–Trinajstić information content (AvgIpc) is 2.73. The fourth-order valence-electron chi connectivity index (χ4n) is 1.93. The second-order valence-electron chi connectivity index (χ2n) is 5.18. The largest absolute Gasteiger partial charge is 0.390 e. The fraction of sp³-hybridized carbons (Fsp3) is 0.385. The van der Waals surface area contributed by atoms with Gasteiger partial charge in [-0.15, -0.1) is 5.10 Å². The van der Waals surface area contributed by atoms with Crippen molar-refractivity contribution in [2.45, 2.75) is 32.8 Å². The Labute approximate surface area is 115 Å². The van der Waals surface area contributed by atoms with Crippen LogP contribution in [0.1, 0.15) is 32.2 Å². The first-order valence-electron chi connectivity index (χ1n) is 5.75. The Hall–Kier alpha value is -1.20. The van der Waals surface area contributed by atoms with Crippen molar-refractivity contribution >= 4 is 15.9 Å². The summed E-state index contributed by atoms with van der Waals surface area (Å²) in [7, 11) is 0. The van der Waals surface area contributed by atoms with Gasteiger partial charge in [0.2, 0.25) is 0 Å². The average molecular weight is 310 g/mol. The van der Waals surface area contributed by atoms with Gasteiger partial charge in [0.15, 0.2) is 0 Å². The Morgan fingerprint density at radius 3 is 2.33 bits per heavy atom. The van der Waals surface area contributed by atoms with E-state index in [0.717, 1.165) is 15.9 Å². The molecule has 1 aromatic heterocycles. The third-order valence-electron chi connectivity index (χ3n) is 2.67. The molecule has 0 radical (unpaired) electrons. The van der Waals surface area contributed by atoms with E-state index in [1.165, 1.54) is 0 Å². The van der Waals surface area contributed by atoms with E-state index in [2.05, 4.69) is 47.0 Å². The molecule has 0 amide bonds. The van der Waals surface area contributed by atoms with Crippen molar-refractivity contribution in [3.63, 3.8) is 0 Å². The molecule has 0 atom stereocenters. The maximum Gasteiger partial charge on any atom is 0.112 e. The van der Waals surface area contributed by atoms with Crippen LogP contribution in [0.2, 0.25) is 0 Å². The molecule has 2 rings (SSSR count). The topological polar surface area (TPSA) is 50.9 Å². The quantitative estimate of drug-likeness (QED) is 0.928. The van der Waals surface area contributed by atoms with E-state index >= 15 is 0 Å². The normalized spacial score (nSPS) is 11.8. The summed E-state index contributed by atoms with van der Waals surface area (Å²) in [4.78, 5) is 0. The SMILES string of the molecule is CC(C)(C)c1c(CO)nnn1-c1ccc(Br)cc1. The predicted octanol–water partition coefficient (Wildman–Crippen LogP) is 2.82. The predicted molar refractivity (Wildman–Crippen MR) is 73.7 cm³/mol. The molecule has 0 fully saturated rings. The molecule has 4 nitrogen and oxygen atoms in total. The Balaban J connectivity index is 2.58. The summed E-state index contributed by atoms with van der Waals surface area (Å²) >= 11 is 3.41. The van der Waals surface area contributed by atoms with E-state index in [9.17, 15) is 5.11 Å². The van der Waals surface area contributed by atoms with Crippen LogP contribution in [-0.2, 0) is 12.0 Å². The highest BCUT2D eigenvalue weighted by molar-refractivity contribution is 9.10. The highest BCUT2D eigenvalue weighted by atomic mass is 79.9. The molecule has 1 heterocycles. The summed E-state index contributed by atoms with van der Waals surface area (Å²) in [5, 5.41) is 17.6. The second-order valence-corrected chi connectivity index (χ2v) is 6.10. The van der Waals surface area contributed by atoms with Gasteiger partial charge in [-0.25, -0.2) is 4.68 Å². The maximum atomic E-state index is 9.36. The first kappa shape index (κ1) is 13.2. The van der Waals surface area contributed by atoms with Crippen LogP contribution in [-0.4, -0.2) is 20.1 Å². The maximum absolute atomic E-state index is 9.36. The summed E-state index contributed by atoms with van der Waals surface area (Å²) in [6, 6.07) is 7.86. The van der Waals surface area contributed by atoms with Gasteiger partial charge in [-0.05, 0) is 24.3 Å². The molecular weight excluding hydrogens is 294 g/mol. The highest BCUT2D eigenvalue weighted by Gasteiger charge is 2.25. The van der Waals surface area contributed by atoms with Crippen molar-refractivity contribution in [2.24, 2.45) is 0 Å². The summed E-state index contributed by atoms with van der Waals surface area (Å²) in [6.07, 6.45) is 0. The van der Waals surface area contributed by atoms with Gasteiger partial charge < -0.3 is 5.11 Å². The van der Waals surface area contributed by atoms with Crippen LogP contribution in [0.25, 0.3) is 5.69 Å². The number of hydrogen-bond acceptors (Lipinski definition) is 3. The second kappa shape index (κ2) is 4.82. The molecule has 0 bridgehead atoms. The Bertz CT molecular complexity index is 540. The zero-order valence-corrected chi connectivity index (χ0v) is 12.3. The summed E-state index contributed by atoms with van der Waals surface area (Å²) < 4.78 is 2.81. The van der Waals surface area contributed by atoms with Crippen molar-refractivity contribution < 1.29 is 5.11 Å². The Morgan fingerprint density at radius 2 is 1.83 bits per heavy atom. The van der Waals surface area contributed by atoms with Crippen molar-refractivity contribution in [3.8, 4) is 5.69 Å². The summed E-state index contributed by atoms with van der Waals surface area (Å²) in [5.74, 6) is 0. The molecule has 0 aliphatic rings. The van der Waals surface area contributed by atoms with Crippen LogP contribution in [0.4, 0.5) is 0 Å². The molecule has 0 aliphatic heterocycles. The van der Waals surface area contributed by atoms with E-state index in [1.807, 2.05) is 24.3 Å². The third kappa shape index (κ3) is 2.47. The molecule has 5 heteroatoms. The van der Waals surface area contributed by atoms with Crippen molar-refractivity contribution in [1.29, 1.82) is 0 Å². The first-order valence-corrected chi connectivity index (χ1v) is 6.54. The van der Waals surface area contributed by atoms with Gasteiger partial charge in [-0.3, -0.25) is 0 Å². The lowest BCUT2D eigenvalue weighted by molar-refractivity contribution is 0.273. The van der Waals surface area contributed by atoms with E-state index < -0.39 is 0 Å². The molecule has 0 spiro atoms. The van der Waals surface area contributed by atoms with Gasteiger partial charge in [0.25, 0.3) is 0 Å². The number of aliphatic hydroxyl groups excluding tert-OH is 1. The molecule has 0 aliphatic carbocycles. The molecule has 1 aromatic carbocycles. The number of benzene rings is 1. The zero-order valence-electron chi connectivity index (χ0n) is 10.7. The van der Waals surface area contributed by atoms with E-state index in [1.54, 1.807) is 4.68 Å². The van der Waals surface area contributed by atoms with Crippen LogP contribution >= 0.6 is 15.9 Å². The molecule has 2 aromatic rings. The number of aromatic nitrogens is 3. The molecule has 0 unspecified atom stereocenters. The number of rotatable bonds is 2. The van der Waals surface area contributed by atoms with Gasteiger partial charge in [0, 0.05) is 9.89 Å². The van der Waals surface area contributed by atoms with Crippen LogP contribution in [0.3, 0.4) is 0 Å². The fourth-order valence-corrected chi connectivity index (χ4v) is 2.20. The summed E-state index contributed by atoms with van der Waals surface area (Å²) in [6.45, 7) is 6.16. The smallest absolute Gasteiger partial charge is 0.112 e. The summed E-state index contributed by atoms with van der Waals surface area (Å²) in [5.41, 5.74) is 2.38. The van der Waals surface area contributed by atoms with Gasteiger partial charge in [-0.2, -0.15) is 0 Å². The Morgan fingerprint density at radius 1 is 1.22 bits per heavy atom. The van der Waals surface area contributed by atoms with Gasteiger partial charge in [0.1, 0.15) is 5.69 Å². The lowest BCUT2D eigenvalue weighted by Gasteiger charge is -2.20. The van der Waals surface area contributed by atoms with Crippen LogP contribution in [0, 0.1) is 0 Å². The molecule has 18 heavy (non-hydrogen) atoms. The van der Waals surface area contributed by atoms with Crippen molar-refractivity contribution in [2.75, 3.05) is 0 Å². The molecule has 0 saturated carbocycles. The zero-order chi connectivity index (χ0) is 13.3. The van der Waals surface area contributed by atoms with E-state index in [4.69, 9.17) is 0 Å². The lowest BCUT2D eigenvalue weighted by atomic mass is 9.90. The van der Waals surface area contributed by atoms with Crippen LogP contribution in [0.5, 0.6) is 0 Å². The van der Waals surface area contributed by atoms with Crippen molar-refractivity contribution in [1.82, 2.24) is 15.0 Å². The van der Waals surface area contributed by atoms with Crippen LogP contribution < -0.4 is 0 Å². The number of hydrogen-bond donors (Lipinski definition) is 1. The van der Waals surface area contributed by atoms with Crippen molar-refractivity contribution in [3.05, 3.63) is 40.1 Å². The number of nitrogens with zero attached hydrogens (tertiary/aromatic N) is 3. The molecule has 96 valence electrons. The molecular formula is C13H16BrN3O. The molecule has 0 saturated heterocycles. The Kier molecular flexibility index (Phi) is 3.54. The van der Waals surface area contributed by atoms with E-state index in [-0.39, 0.29) is 12.0 Å². The minimum absolute atomic E-state index is 0.0941. The van der Waals surface area contributed by atoms with Gasteiger partial charge in [0.05, 0.1) is 18.0 Å². The van der Waals surface area contributed by atoms with Crippen LogP contribution in [0.15, 0.2) is 28.7 Å². The van der Waals surface area contributed by atoms with Gasteiger partial charge in [-0.1, -0.05) is 41.9 Å². The van der Waals surface area contributed by atoms with E-state index in [0.29, 0.717) is 5.69 Å². The number of aliphatic hydroxyl groups is 1. The first-order chi connectivity index (χ1) is 8.43. The lowest BCUT2D eigenvalue weighted by Crippen LogP contribution is -2.19. The third-order valence-corrected chi connectivity index (χ3v) is 3.20. The minimum atomic E-state index is -0.130. The standard InChI is InChI=1S/C13H16BrN3O/c1-13(2,3)12-11(8-18)15-16-17(12)10-6-4-9(14)5-7-10/h4-7,18H,8H2,1-3H3. The molecule has 1 N–H and O–H groups in total. The highest BCUT2D eigenvalue weighted by Crippen LogP contribution is 2.27. The minimum Gasteiger partial charge on any atom is -0.390 e.